The molecule has 0 fully saturated rings. The molecule has 1 aromatic rings. The molecule has 0 aliphatic rings. The number of nitrogens with zero attached hydrogens (tertiary/aromatic N) is 2. The number of nitrogens with two attached hydrogens (primary N) is 1. The fraction of sp³-hybridized carbons (Fsp3) is 0.500. The standard InChI is InChI=1S/C10H17ClN4/c1-3-6-15(2)7-9-8(11)4-5-10(13-9)14-12/h4-5H,3,6-7,12H2,1-2H3,(H,13,14). The summed E-state index contributed by atoms with van der Waals surface area (Å²) in [6, 6.07) is 3.56. The summed E-state index contributed by atoms with van der Waals surface area (Å²) >= 11 is 6.04. The van der Waals surface area contributed by atoms with Crippen LogP contribution in [0.25, 0.3) is 0 Å². The van der Waals surface area contributed by atoms with Gasteiger partial charge in [0.1, 0.15) is 5.82 Å². The van der Waals surface area contributed by atoms with Crippen molar-refractivity contribution in [3.05, 3.63) is 22.8 Å². The number of anilines is 1. The van der Waals surface area contributed by atoms with Crippen LogP contribution in [0, 0.1) is 0 Å². The van der Waals surface area contributed by atoms with E-state index in [1.807, 2.05) is 7.05 Å². The first-order valence-electron chi connectivity index (χ1n) is 4.98. The molecule has 0 bridgehead atoms. The summed E-state index contributed by atoms with van der Waals surface area (Å²) in [4.78, 5) is 6.48. The summed E-state index contributed by atoms with van der Waals surface area (Å²) in [5, 5.41) is 0.678. The van der Waals surface area contributed by atoms with E-state index in [1.54, 1.807) is 12.1 Å². The summed E-state index contributed by atoms with van der Waals surface area (Å²) in [5.74, 6) is 5.93. The molecule has 0 unspecified atom stereocenters. The summed E-state index contributed by atoms with van der Waals surface area (Å²) in [6.07, 6.45) is 1.11. The predicted molar refractivity (Wildman–Crippen MR) is 63.7 cm³/mol. The van der Waals surface area contributed by atoms with Crippen LogP contribution in [0.15, 0.2) is 12.1 Å². The number of hydrazine groups is 1. The second-order valence-electron chi connectivity index (χ2n) is 3.51. The van der Waals surface area contributed by atoms with E-state index < -0.39 is 0 Å². The van der Waals surface area contributed by atoms with Gasteiger partial charge in [0.15, 0.2) is 0 Å². The third-order valence-electron chi connectivity index (χ3n) is 2.09. The van der Waals surface area contributed by atoms with Crippen molar-refractivity contribution in [3.8, 4) is 0 Å². The van der Waals surface area contributed by atoms with Crippen LogP contribution in [0.1, 0.15) is 19.0 Å². The molecule has 3 N–H and O–H groups in total. The van der Waals surface area contributed by atoms with Gasteiger partial charge in [-0.25, -0.2) is 10.8 Å². The minimum atomic E-state index is 0.638. The van der Waals surface area contributed by atoms with Crippen LogP contribution in [0.3, 0.4) is 0 Å². The van der Waals surface area contributed by atoms with Crippen molar-refractivity contribution in [2.45, 2.75) is 19.9 Å². The third kappa shape index (κ3) is 3.66. The van der Waals surface area contributed by atoms with Crippen LogP contribution in [0.4, 0.5) is 5.82 Å². The predicted octanol–water partition coefficient (Wildman–Crippen LogP) is 1.86. The summed E-state index contributed by atoms with van der Waals surface area (Å²) < 4.78 is 0. The highest BCUT2D eigenvalue weighted by atomic mass is 35.5. The van der Waals surface area contributed by atoms with Gasteiger partial charge in [-0.05, 0) is 32.1 Å². The average molecular weight is 229 g/mol. The molecule has 0 spiro atoms. The van der Waals surface area contributed by atoms with Gasteiger partial charge >= 0.3 is 0 Å². The second-order valence-corrected chi connectivity index (χ2v) is 3.91. The van der Waals surface area contributed by atoms with Crippen LogP contribution in [0.2, 0.25) is 5.02 Å². The lowest BCUT2D eigenvalue weighted by molar-refractivity contribution is 0.324. The van der Waals surface area contributed by atoms with Gasteiger partial charge in [-0.3, -0.25) is 0 Å². The molecule has 0 saturated heterocycles. The Labute approximate surface area is 95.4 Å². The van der Waals surface area contributed by atoms with Gasteiger partial charge in [-0.2, -0.15) is 0 Å². The molecule has 1 aromatic heterocycles. The first-order valence-corrected chi connectivity index (χ1v) is 5.35. The number of rotatable bonds is 5. The van der Waals surface area contributed by atoms with Crippen LogP contribution >= 0.6 is 11.6 Å². The summed E-state index contributed by atoms with van der Waals surface area (Å²) in [6.45, 7) is 3.91. The largest absolute Gasteiger partial charge is 0.308 e. The van der Waals surface area contributed by atoms with Gasteiger partial charge in [0.25, 0.3) is 0 Å². The number of nitrogens with one attached hydrogen (secondary N) is 1. The van der Waals surface area contributed by atoms with E-state index in [4.69, 9.17) is 17.4 Å². The zero-order valence-corrected chi connectivity index (χ0v) is 9.88. The van der Waals surface area contributed by atoms with Crippen molar-refractivity contribution in [2.24, 2.45) is 5.84 Å². The number of hydrogen-bond donors (Lipinski definition) is 2. The lowest BCUT2D eigenvalue weighted by Crippen LogP contribution is -2.20. The van der Waals surface area contributed by atoms with Crippen molar-refractivity contribution < 1.29 is 0 Å². The monoisotopic (exact) mass is 228 g/mol. The van der Waals surface area contributed by atoms with Gasteiger partial charge in [0, 0.05) is 6.54 Å². The second kappa shape index (κ2) is 5.90. The molecule has 4 nitrogen and oxygen atoms in total. The van der Waals surface area contributed by atoms with Crippen LogP contribution in [0.5, 0.6) is 0 Å². The maximum Gasteiger partial charge on any atom is 0.140 e. The maximum atomic E-state index is 6.04. The topological polar surface area (TPSA) is 54.2 Å². The Kier molecular flexibility index (Phi) is 4.81. The molecule has 1 rings (SSSR count). The van der Waals surface area contributed by atoms with Crippen LogP contribution in [-0.2, 0) is 6.54 Å². The van der Waals surface area contributed by atoms with Crippen molar-refractivity contribution in [1.82, 2.24) is 9.88 Å². The van der Waals surface area contributed by atoms with Crippen molar-refractivity contribution in [3.63, 3.8) is 0 Å². The SMILES string of the molecule is CCCN(C)Cc1nc(NN)ccc1Cl. The van der Waals surface area contributed by atoms with E-state index in [2.05, 4.69) is 22.2 Å². The molecule has 1 heterocycles. The zero-order chi connectivity index (χ0) is 11.3. The Morgan fingerprint density at radius 3 is 2.87 bits per heavy atom. The van der Waals surface area contributed by atoms with E-state index >= 15 is 0 Å². The molecule has 0 radical (unpaired) electrons. The molecule has 0 aliphatic heterocycles. The smallest absolute Gasteiger partial charge is 0.140 e. The normalized spacial score (nSPS) is 10.7. The minimum absolute atomic E-state index is 0.638. The van der Waals surface area contributed by atoms with Gasteiger partial charge in [0.05, 0.1) is 10.7 Å². The highest BCUT2D eigenvalue weighted by molar-refractivity contribution is 6.31. The Bertz CT molecular complexity index is 316. The highest BCUT2D eigenvalue weighted by Gasteiger charge is 2.06. The Hall–Kier alpha value is -0.840. The van der Waals surface area contributed by atoms with Crippen LogP contribution < -0.4 is 11.3 Å². The fourth-order valence-corrected chi connectivity index (χ4v) is 1.56. The van der Waals surface area contributed by atoms with Crippen LogP contribution in [-0.4, -0.2) is 23.5 Å². The number of hydrogen-bond acceptors (Lipinski definition) is 4. The molecule has 5 heteroatoms. The first kappa shape index (κ1) is 12.2. The summed E-state index contributed by atoms with van der Waals surface area (Å²) in [5.41, 5.74) is 3.36. The average Bonchev–Trinajstić information content (AvgIpc) is 2.21. The van der Waals surface area contributed by atoms with Gasteiger partial charge < -0.3 is 10.3 Å². The van der Waals surface area contributed by atoms with Crippen molar-refractivity contribution in [1.29, 1.82) is 0 Å². The molecule has 0 amide bonds. The van der Waals surface area contributed by atoms with Gasteiger partial charge in [-0.15, -0.1) is 0 Å². The van der Waals surface area contributed by atoms with Crippen molar-refractivity contribution in [2.75, 3.05) is 19.0 Å². The maximum absolute atomic E-state index is 6.04. The lowest BCUT2D eigenvalue weighted by atomic mass is 10.3. The Morgan fingerprint density at radius 1 is 1.53 bits per heavy atom. The number of pyridine rings is 1. The van der Waals surface area contributed by atoms with E-state index in [9.17, 15) is 0 Å². The van der Waals surface area contributed by atoms with E-state index in [0.29, 0.717) is 10.8 Å². The fourth-order valence-electron chi connectivity index (χ4n) is 1.39. The number of halogens is 1. The first-order chi connectivity index (χ1) is 7.17. The van der Waals surface area contributed by atoms with E-state index in [-0.39, 0.29) is 0 Å². The van der Waals surface area contributed by atoms with Gasteiger partial charge in [-0.1, -0.05) is 18.5 Å². The molecule has 0 aliphatic carbocycles. The molecule has 0 atom stereocenters. The van der Waals surface area contributed by atoms with Crippen molar-refractivity contribution >= 4 is 17.4 Å². The minimum Gasteiger partial charge on any atom is -0.308 e. The molecular weight excluding hydrogens is 212 g/mol. The zero-order valence-electron chi connectivity index (χ0n) is 9.13. The Balaban J connectivity index is 2.74. The summed E-state index contributed by atoms with van der Waals surface area (Å²) in [7, 11) is 2.05. The molecule has 15 heavy (non-hydrogen) atoms. The van der Waals surface area contributed by atoms with E-state index in [0.717, 1.165) is 25.2 Å². The van der Waals surface area contributed by atoms with Gasteiger partial charge in [0.2, 0.25) is 0 Å². The molecule has 0 saturated carbocycles. The lowest BCUT2D eigenvalue weighted by Gasteiger charge is -2.16. The quantitative estimate of drug-likeness (QED) is 0.597. The van der Waals surface area contributed by atoms with E-state index in [1.165, 1.54) is 0 Å². The third-order valence-corrected chi connectivity index (χ3v) is 2.44. The Morgan fingerprint density at radius 2 is 2.27 bits per heavy atom. The molecular formula is C10H17ClN4. The molecule has 0 aromatic carbocycles. The number of nitrogen functional groups attached to an aromatic ring is 1. The molecule has 84 valence electrons. The number of aromatic nitrogens is 1. The highest BCUT2D eigenvalue weighted by Crippen LogP contribution is 2.17.